The fourth-order valence-electron chi connectivity index (χ4n) is 11.1. The molecule has 0 saturated carbocycles. The molecule has 0 fully saturated rings. The van der Waals surface area contributed by atoms with Crippen LogP contribution < -0.4 is 0 Å². The summed E-state index contributed by atoms with van der Waals surface area (Å²) in [5.41, 5.74) is 0. The molecule has 2 unspecified atom stereocenters. The van der Waals surface area contributed by atoms with Crippen molar-refractivity contribution in [3.05, 3.63) is 36.5 Å². The van der Waals surface area contributed by atoms with Crippen LogP contribution in [0.15, 0.2) is 36.5 Å². The molecule has 96 heavy (non-hydrogen) atoms. The first kappa shape index (κ1) is 93.3. The molecule has 0 bridgehead atoms. The van der Waals surface area contributed by atoms with Crippen molar-refractivity contribution in [2.75, 3.05) is 39.6 Å². The lowest BCUT2D eigenvalue weighted by molar-refractivity contribution is -0.161. The maximum Gasteiger partial charge on any atom is 0.472 e. The van der Waals surface area contributed by atoms with Crippen molar-refractivity contribution in [3.63, 3.8) is 0 Å². The van der Waals surface area contributed by atoms with Crippen molar-refractivity contribution in [2.24, 2.45) is 0 Å². The van der Waals surface area contributed by atoms with Gasteiger partial charge in [0.05, 0.1) is 26.4 Å². The number of aliphatic hydroxyl groups excluding tert-OH is 1. The van der Waals surface area contributed by atoms with Gasteiger partial charge < -0.3 is 33.8 Å². The molecule has 0 aromatic rings. The van der Waals surface area contributed by atoms with Crippen LogP contribution >= 0.6 is 15.6 Å². The molecule has 0 aliphatic heterocycles. The highest BCUT2D eigenvalue weighted by atomic mass is 31.2. The van der Waals surface area contributed by atoms with E-state index in [9.17, 15) is 43.2 Å². The summed E-state index contributed by atoms with van der Waals surface area (Å²) < 4.78 is 68.5. The SMILES string of the molecule is CCCCCC/C=C\C=C/CCCCCCCC(=O)O[C@H](COC(=O)CCCCCCCCCCCCCCC)COP(=O)(O)OC[C@@H](O)COP(=O)(O)OC[C@@H](COC(=O)CCCCCCCCCCCCCCC)OC(=O)CCCCCCC/C=C\CCCCCCCC. The number of ether oxygens (including phenoxy) is 4. The van der Waals surface area contributed by atoms with Gasteiger partial charge in [-0.25, -0.2) is 9.13 Å². The summed E-state index contributed by atoms with van der Waals surface area (Å²) in [4.78, 5) is 72.8. The van der Waals surface area contributed by atoms with Crippen LogP contribution in [0.2, 0.25) is 0 Å². The third-order valence-electron chi connectivity index (χ3n) is 17.1. The highest BCUT2D eigenvalue weighted by Gasteiger charge is 2.30. The summed E-state index contributed by atoms with van der Waals surface area (Å²) >= 11 is 0. The van der Waals surface area contributed by atoms with Gasteiger partial charge in [0.2, 0.25) is 0 Å². The second kappa shape index (κ2) is 70.7. The number of hydrogen-bond donors (Lipinski definition) is 3. The Balaban J connectivity index is 5.32. The first-order valence-corrected chi connectivity index (χ1v) is 42.2. The molecular formula is C77H144O17P2. The van der Waals surface area contributed by atoms with Crippen LogP contribution in [-0.4, -0.2) is 96.7 Å². The van der Waals surface area contributed by atoms with Crippen molar-refractivity contribution < 1.29 is 80.2 Å². The molecule has 19 heteroatoms. The molecule has 0 aliphatic carbocycles. The zero-order valence-corrected chi connectivity index (χ0v) is 63.4. The van der Waals surface area contributed by atoms with Gasteiger partial charge in [-0.1, -0.05) is 308 Å². The Kier molecular flexibility index (Phi) is 68.7. The van der Waals surface area contributed by atoms with Crippen LogP contribution in [0.4, 0.5) is 0 Å². The molecule has 0 amide bonds. The second-order valence-corrected chi connectivity index (χ2v) is 29.6. The van der Waals surface area contributed by atoms with E-state index >= 15 is 0 Å². The fourth-order valence-corrected chi connectivity index (χ4v) is 12.7. The van der Waals surface area contributed by atoms with E-state index in [0.717, 1.165) is 116 Å². The largest absolute Gasteiger partial charge is 0.472 e. The molecule has 0 radical (unpaired) electrons. The molecule has 3 N–H and O–H groups in total. The van der Waals surface area contributed by atoms with Crippen molar-refractivity contribution in [2.45, 2.75) is 393 Å². The molecule has 0 aromatic carbocycles. The minimum absolute atomic E-state index is 0.0846. The molecule has 0 spiro atoms. The lowest BCUT2D eigenvalue weighted by Gasteiger charge is -2.21. The predicted octanol–water partition coefficient (Wildman–Crippen LogP) is 22.3. The van der Waals surface area contributed by atoms with Crippen LogP contribution in [0.1, 0.15) is 374 Å². The Bertz CT molecular complexity index is 1970. The van der Waals surface area contributed by atoms with Crippen LogP contribution in [0, 0.1) is 0 Å². The Morgan fingerprint density at radius 2 is 0.510 bits per heavy atom. The van der Waals surface area contributed by atoms with Gasteiger partial charge >= 0.3 is 39.5 Å². The van der Waals surface area contributed by atoms with E-state index in [1.54, 1.807) is 0 Å². The Morgan fingerprint density at radius 1 is 0.292 bits per heavy atom. The highest BCUT2D eigenvalue weighted by molar-refractivity contribution is 7.47. The van der Waals surface area contributed by atoms with E-state index in [2.05, 4.69) is 64.2 Å². The van der Waals surface area contributed by atoms with Gasteiger partial charge in [0, 0.05) is 25.7 Å². The number of rotatable bonds is 75. The molecule has 0 aliphatic rings. The molecule has 0 aromatic heterocycles. The number of unbranched alkanes of at least 4 members (excludes halogenated alkanes) is 44. The van der Waals surface area contributed by atoms with E-state index in [-0.39, 0.29) is 25.7 Å². The van der Waals surface area contributed by atoms with Crippen molar-refractivity contribution in [1.29, 1.82) is 0 Å². The number of aliphatic hydroxyl groups is 1. The van der Waals surface area contributed by atoms with Crippen LogP contribution in [0.3, 0.4) is 0 Å². The average Bonchev–Trinajstić information content (AvgIpc) is 1.19. The number of carbonyl (C=O) groups excluding carboxylic acids is 4. The Labute approximate surface area is 585 Å². The number of hydrogen-bond acceptors (Lipinski definition) is 15. The fraction of sp³-hybridized carbons (Fsp3) is 0.870. The minimum Gasteiger partial charge on any atom is -0.462 e. The van der Waals surface area contributed by atoms with Crippen molar-refractivity contribution >= 4 is 39.5 Å². The quantitative estimate of drug-likeness (QED) is 0.0128. The summed E-state index contributed by atoms with van der Waals surface area (Å²) in [6.45, 7) is 4.90. The summed E-state index contributed by atoms with van der Waals surface area (Å²) in [7, 11) is -9.93. The first-order chi connectivity index (χ1) is 46.7. The standard InChI is InChI=1S/C77H144O17P2/c1-5-9-13-17-21-25-29-33-35-39-43-47-51-55-59-63-76(81)93-72(67-87-74(79)61-57-53-49-45-41-37-31-27-23-19-15-11-7-3)69-91-95(83,84)89-65-71(78)66-90-96(85,86)92-70-73(68-88-75(80)62-58-54-50-46-42-38-32-28-24-20-16-12-8-4)94-77(82)64-60-56-52-48-44-40-36-34-30-26-22-18-14-10-6-2/h25,29,33-36,71-73,78H,5-24,26-28,30-32,37-70H2,1-4H3,(H,83,84)(H,85,86)/b29-25-,35-33-,36-34-/t71-,72-,73-/m1/s1. The molecule has 0 rings (SSSR count). The Hall–Kier alpha value is -2.72. The molecular weight excluding hydrogens is 1260 g/mol. The summed E-state index contributed by atoms with van der Waals surface area (Å²) in [6.07, 6.45) is 65.5. The van der Waals surface area contributed by atoms with Gasteiger partial charge in [-0.3, -0.25) is 37.3 Å². The molecule has 0 heterocycles. The normalized spacial score (nSPS) is 14.1. The highest BCUT2D eigenvalue weighted by Crippen LogP contribution is 2.45. The number of allylic oxidation sites excluding steroid dienone is 6. The van der Waals surface area contributed by atoms with Gasteiger partial charge in [0.1, 0.15) is 19.3 Å². The summed E-state index contributed by atoms with van der Waals surface area (Å²) in [5.74, 6) is -2.16. The van der Waals surface area contributed by atoms with E-state index in [1.165, 1.54) is 180 Å². The zero-order chi connectivity index (χ0) is 70.4. The van der Waals surface area contributed by atoms with Gasteiger partial charge in [-0.15, -0.1) is 0 Å². The van der Waals surface area contributed by atoms with Gasteiger partial charge in [-0.05, 0) is 77.0 Å². The van der Waals surface area contributed by atoms with E-state index in [1.807, 2.05) is 0 Å². The number of phosphoric acid groups is 2. The van der Waals surface area contributed by atoms with E-state index in [0.29, 0.717) is 25.7 Å². The van der Waals surface area contributed by atoms with Crippen molar-refractivity contribution in [3.8, 4) is 0 Å². The van der Waals surface area contributed by atoms with Gasteiger partial charge in [0.15, 0.2) is 12.2 Å². The van der Waals surface area contributed by atoms with E-state index < -0.39 is 97.5 Å². The van der Waals surface area contributed by atoms with Gasteiger partial charge in [-0.2, -0.15) is 0 Å². The summed E-state index contributed by atoms with van der Waals surface area (Å²) in [6, 6.07) is 0. The van der Waals surface area contributed by atoms with Crippen LogP contribution in [-0.2, 0) is 65.4 Å². The number of esters is 4. The molecule has 564 valence electrons. The number of phosphoric ester groups is 2. The van der Waals surface area contributed by atoms with Crippen molar-refractivity contribution in [1.82, 2.24) is 0 Å². The Morgan fingerprint density at radius 3 is 0.792 bits per heavy atom. The minimum atomic E-state index is -4.97. The maximum absolute atomic E-state index is 13.1. The monoisotopic (exact) mass is 1400 g/mol. The van der Waals surface area contributed by atoms with E-state index in [4.69, 9.17) is 37.0 Å². The zero-order valence-electron chi connectivity index (χ0n) is 61.6. The third kappa shape index (κ3) is 69.7. The van der Waals surface area contributed by atoms with Crippen LogP contribution in [0.5, 0.6) is 0 Å². The third-order valence-corrected chi connectivity index (χ3v) is 19.0. The average molecular weight is 1400 g/mol. The lowest BCUT2D eigenvalue weighted by Crippen LogP contribution is -2.30. The molecule has 5 atom stereocenters. The van der Waals surface area contributed by atoms with Gasteiger partial charge in [0.25, 0.3) is 0 Å². The predicted molar refractivity (Wildman–Crippen MR) is 391 cm³/mol. The first-order valence-electron chi connectivity index (χ1n) is 39.2. The number of carbonyl (C=O) groups is 4. The topological polar surface area (TPSA) is 237 Å². The van der Waals surface area contributed by atoms with Crippen LogP contribution in [0.25, 0.3) is 0 Å². The lowest BCUT2D eigenvalue weighted by atomic mass is 10.0. The smallest absolute Gasteiger partial charge is 0.462 e. The maximum atomic E-state index is 13.1. The second-order valence-electron chi connectivity index (χ2n) is 26.7. The summed E-state index contributed by atoms with van der Waals surface area (Å²) in [5, 5.41) is 10.6. The molecule has 0 saturated heterocycles. The molecule has 17 nitrogen and oxygen atoms in total.